The number of esters is 1. The van der Waals surface area contributed by atoms with Gasteiger partial charge in [0.1, 0.15) is 17.1 Å². The fourth-order valence-corrected chi connectivity index (χ4v) is 1.97. The first-order chi connectivity index (χ1) is 7.81. The maximum atomic E-state index is 11.4. The highest BCUT2D eigenvalue weighted by molar-refractivity contribution is 5.92. The van der Waals surface area contributed by atoms with Crippen molar-refractivity contribution in [3.63, 3.8) is 0 Å². The molecule has 0 bridgehead atoms. The predicted molar refractivity (Wildman–Crippen MR) is 58.3 cm³/mol. The molecule has 0 fully saturated rings. The molecule has 1 aromatic carbocycles. The lowest BCUT2D eigenvalue weighted by molar-refractivity contribution is -0.136. The van der Waals surface area contributed by atoms with Crippen LogP contribution in [0.4, 0.5) is 0 Å². The number of carboxylic acid groups (broad SMARTS) is 1. The van der Waals surface area contributed by atoms with Crippen LogP contribution >= 0.6 is 0 Å². The number of carbonyl (C=O) groups excluding carboxylic acids is 1. The zero-order chi connectivity index (χ0) is 12.8. The van der Waals surface area contributed by atoms with Crippen LogP contribution in [0.15, 0.2) is 12.1 Å². The maximum absolute atomic E-state index is 11.4. The molecule has 5 heteroatoms. The smallest absolute Gasteiger partial charge is 0.339 e. The second-order valence-electron chi connectivity index (χ2n) is 4.71. The zero-order valence-electron chi connectivity index (χ0n) is 9.48. The first-order valence-corrected chi connectivity index (χ1v) is 5.13. The normalized spacial score (nSPS) is 17.2. The number of hydrogen-bond donors (Lipinski definition) is 2. The van der Waals surface area contributed by atoms with Crippen molar-refractivity contribution < 1.29 is 24.5 Å². The van der Waals surface area contributed by atoms with E-state index >= 15 is 0 Å². The van der Waals surface area contributed by atoms with E-state index in [9.17, 15) is 14.7 Å². The number of carboxylic acids is 1. The Morgan fingerprint density at radius 3 is 2.65 bits per heavy atom. The third-order valence-corrected chi connectivity index (χ3v) is 2.87. The number of carbonyl (C=O) groups is 2. The first-order valence-electron chi connectivity index (χ1n) is 5.13. The summed E-state index contributed by atoms with van der Waals surface area (Å²) in [6.07, 6.45) is 0.184. The molecule has 0 saturated carbocycles. The lowest BCUT2D eigenvalue weighted by Gasteiger charge is -2.31. The van der Waals surface area contributed by atoms with Gasteiger partial charge < -0.3 is 14.9 Å². The van der Waals surface area contributed by atoms with Gasteiger partial charge in [-0.3, -0.25) is 4.79 Å². The van der Waals surface area contributed by atoms with Crippen LogP contribution < -0.4 is 4.74 Å². The molecule has 5 nitrogen and oxygen atoms in total. The van der Waals surface area contributed by atoms with Gasteiger partial charge >= 0.3 is 11.9 Å². The second kappa shape index (κ2) is 3.48. The lowest BCUT2D eigenvalue weighted by Crippen LogP contribution is -2.31. The third-order valence-electron chi connectivity index (χ3n) is 2.87. The van der Waals surface area contributed by atoms with Crippen molar-refractivity contribution in [1.82, 2.24) is 0 Å². The number of hydrogen-bond acceptors (Lipinski definition) is 4. The van der Waals surface area contributed by atoms with Crippen LogP contribution in [-0.2, 0) is 10.2 Å². The quantitative estimate of drug-likeness (QED) is 0.572. The molecular weight excluding hydrogens is 224 g/mol. The molecule has 1 aliphatic heterocycles. The Morgan fingerprint density at radius 2 is 2.06 bits per heavy atom. The molecule has 0 unspecified atom stereocenters. The topological polar surface area (TPSA) is 83.8 Å². The fourth-order valence-electron chi connectivity index (χ4n) is 1.97. The fraction of sp³-hybridized carbons (Fsp3) is 0.333. The van der Waals surface area contributed by atoms with Crippen LogP contribution in [0.3, 0.4) is 0 Å². The lowest BCUT2D eigenvalue weighted by atomic mass is 9.79. The predicted octanol–water partition coefficient (Wildman–Crippen LogP) is 1.68. The van der Waals surface area contributed by atoms with Crippen LogP contribution in [0.2, 0.25) is 0 Å². The Morgan fingerprint density at radius 1 is 1.41 bits per heavy atom. The summed E-state index contributed by atoms with van der Waals surface area (Å²) in [5.74, 6) is -1.77. The van der Waals surface area contributed by atoms with Crippen molar-refractivity contribution >= 4 is 11.9 Å². The molecule has 0 atom stereocenters. The molecule has 0 radical (unpaired) electrons. The Kier molecular flexibility index (Phi) is 2.34. The van der Waals surface area contributed by atoms with Gasteiger partial charge in [0.05, 0.1) is 6.42 Å². The number of aromatic carboxylic acids is 1. The van der Waals surface area contributed by atoms with Crippen LogP contribution in [0.25, 0.3) is 0 Å². The molecule has 2 N–H and O–H groups in total. The SMILES string of the molecule is CC1(C)CC(=O)Oc2cc(O)c(C(=O)O)cc21. The van der Waals surface area contributed by atoms with E-state index < -0.39 is 17.1 Å². The van der Waals surface area contributed by atoms with E-state index in [1.54, 1.807) is 0 Å². The van der Waals surface area contributed by atoms with E-state index in [0.717, 1.165) is 0 Å². The highest BCUT2D eigenvalue weighted by Gasteiger charge is 2.35. The summed E-state index contributed by atoms with van der Waals surface area (Å²) in [5.41, 5.74) is -0.0650. The molecule has 17 heavy (non-hydrogen) atoms. The average molecular weight is 236 g/mol. The third kappa shape index (κ3) is 1.84. The first kappa shape index (κ1) is 11.4. The van der Waals surface area contributed by atoms with Crippen LogP contribution in [0.1, 0.15) is 36.2 Å². The van der Waals surface area contributed by atoms with Gasteiger partial charge in [-0.1, -0.05) is 13.8 Å². The van der Waals surface area contributed by atoms with E-state index in [1.807, 2.05) is 13.8 Å². The van der Waals surface area contributed by atoms with E-state index in [1.165, 1.54) is 12.1 Å². The molecule has 90 valence electrons. The van der Waals surface area contributed by atoms with Crippen LogP contribution in [0, 0.1) is 0 Å². The summed E-state index contributed by atoms with van der Waals surface area (Å²) in [6, 6.07) is 2.54. The van der Waals surface area contributed by atoms with Crippen molar-refractivity contribution in [3.8, 4) is 11.5 Å². The minimum atomic E-state index is -1.21. The molecule has 0 amide bonds. The van der Waals surface area contributed by atoms with Crippen molar-refractivity contribution in [2.24, 2.45) is 0 Å². The van der Waals surface area contributed by atoms with E-state index in [-0.39, 0.29) is 23.7 Å². The van der Waals surface area contributed by atoms with Gasteiger partial charge in [-0.05, 0) is 6.07 Å². The van der Waals surface area contributed by atoms with Gasteiger partial charge in [0.15, 0.2) is 0 Å². The number of fused-ring (bicyclic) bond motifs is 1. The molecule has 0 aliphatic carbocycles. The summed E-state index contributed by atoms with van der Waals surface area (Å²) >= 11 is 0. The highest BCUT2D eigenvalue weighted by atomic mass is 16.5. The van der Waals surface area contributed by atoms with Gasteiger partial charge in [-0.2, -0.15) is 0 Å². The van der Waals surface area contributed by atoms with Crippen molar-refractivity contribution in [2.45, 2.75) is 25.7 Å². The van der Waals surface area contributed by atoms with E-state index in [2.05, 4.69) is 0 Å². The summed E-state index contributed by atoms with van der Waals surface area (Å²) in [4.78, 5) is 22.3. The molecule has 1 aliphatic rings. The monoisotopic (exact) mass is 236 g/mol. The minimum Gasteiger partial charge on any atom is -0.507 e. The van der Waals surface area contributed by atoms with Gasteiger partial charge in [0.25, 0.3) is 0 Å². The zero-order valence-corrected chi connectivity index (χ0v) is 9.48. The van der Waals surface area contributed by atoms with Gasteiger partial charge in [0.2, 0.25) is 0 Å². The van der Waals surface area contributed by atoms with Gasteiger partial charge in [-0.25, -0.2) is 4.79 Å². The maximum Gasteiger partial charge on any atom is 0.339 e. The number of aromatic hydroxyl groups is 1. The average Bonchev–Trinajstić information content (AvgIpc) is 2.13. The molecule has 1 aromatic rings. The molecule has 0 spiro atoms. The molecule has 0 aromatic heterocycles. The molecule has 0 saturated heterocycles. The molecular formula is C12H12O5. The van der Waals surface area contributed by atoms with Gasteiger partial charge in [0, 0.05) is 17.0 Å². The molecule has 2 rings (SSSR count). The number of ether oxygens (including phenoxy) is 1. The number of rotatable bonds is 1. The van der Waals surface area contributed by atoms with Gasteiger partial charge in [-0.15, -0.1) is 0 Å². The standard InChI is InChI=1S/C12H12O5/c1-12(2)5-10(14)17-9-4-8(13)6(11(15)16)3-7(9)12/h3-4,13H,5H2,1-2H3,(H,15,16). The second-order valence-corrected chi connectivity index (χ2v) is 4.71. The summed E-state index contributed by atoms with van der Waals surface area (Å²) in [5, 5.41) is 18.4. The Balaban J connectivity index is 2.65. The van der Waals surface area contributed by atoms with Crippen molar-refractivity contribution in [1.29, 1.82) is 0 Å². The highest BCUT2D eigenvalue weighted by Crippen LogP contribution is 2.41. The van der Waals surface area contributed by atoms with Crippen molar-refractivity contribution in [3.05, 3.63) is 23.3 Å². The van der Waals surface area contributed by atoms with E-state index in [0.29, 0.717) is 5.56 Å². The number of benzene rings is 1. The Hall–Kier alpha value is -2.04. The Labute approximate surface area is 97.6 Å². The summed E-state index contributed by atoms with van der Waals surface area (Å²) in [7, 11) is 0. The Bertz CT molecular complexity index is 516. The summed E-state index contributed by atoms with van der Waals surface area (Å²) < 4.78 is 4.99. The van der Waals surface area contributed by atoms with Crippen LogP contribution in [-0.4, -0.2) is 22.2 Å². The minimum absolute atomic E-state index is 0.184. The van der Waals surface area contributed by atoms with Crippen LogP contribution in [0.5, 0.6) is 11.5 Å². The largest absolute Gasteiger partial charge is 0.507 e. The number of phenols is 1. The summed E-state index contributed by atoms with van der Waals surface area (Å²) in [6.45, 7) is 3.66. The van der Waals surface area contributed by atoms with Crippen molar-refractivity contribution in [2.75, 3.05) is 0 Å². The van der Waals surface area contributed by atoms with E-state index in [4.69, 9.17) is 9.84 Å². The molecule has 1 heterocycles.